The Bertz CT molecular complexity index is 1440. The summed E-state index contributed by atoms with van der Waals surface area (Å²) in [6.45, 7) is 6.61. The fourth-order valence-corrected chi connectivity index (χ4v) is 5.88. The Balaban J connectivity index is 1.34. The second kappa shape index (κ2) is 9.49. The van der Waals surface area contributed by atoms with Gasteiger partial charge in [0.25, 0.3) is 0 Å². The first-order chi connectivity index (χ1) is 16.8. The average molecular weight is 494 g/mol. The van der Waals surface area contributed by atoms with Crippen LogP contribution in [0.3, 0.4) is 0 Å². The molecule has 0 saturated carbocycles. The van der Waals surface area contributed by atoms with Crippen LogP contribution in [0.15, 0.2) is 71.8 Å². The van der Waals surface area contributed by atoms with Gasteiger partial charge in [-0.15, -0.1) is 0 Å². The van der Waals surface area contributed by atoms with Gasteiger partial charge < -0.3 is 0 Å². The van der Waals surface area contributed by atoms with Gasteiger partial charge in [0.2, 0.25) is 10.0 Å². The van der Waals surface area contributed by atoms with Crippen molar-refractivity contribution in [1.82, 2.24) is 23.7 Å². The van der Waals surface area contributed by atoms with Crippen molar-refractivity contribution in [2.45, 2.75) is 31.2 Å². The molecule has 2 aromatic heterocycles. The third-order valence-corrected chi connectivity index (χ3v) is 8.35. The lowest BCUT2D eigenvalue weighted by atomic mass is 10.0. The predicted octanol–water partition coefficient (Wildman–Crippen LogP) is 4.19. The summed E-state index contributed by atoms with van der Waals surface area (Å²) in [5.74, 6) is 0.762. The molecule has 0 unspecified atom stereocenters. The fourth-order valence-electron chi connectivity index (χ4n) is 4.45. The Hall–Kier alpha value is -3.14. The van der Waals surface area contributed by atoms with Crippen molar-refractivity contribution in [2.75, 3.05) is 26.2 Å². The van der Waals surface area contributed by atoms with E-state index in [-0.39, 0.29) is 5.82 Å². The number of sulfonamides is 1. The van der Waals surface area contributed by atoms with Crippen molar-refractivity contribution in [2.24, 2.45) is 0 Å². The monoisotopic (exact) mass is 493 g/mol. The maximum atomic E-state index is 14.0. The number of hydrogen-bond donors (Lipinski definition) is 0. The van der Waals surface area contributed by atoms with Crippen LogP contribution in [0.4, 0.5) is 4.39 Å². The molecule has 0 bridgehead atoms. The van der Waals surface area contributed by atoms with E-state index in [4.69, 9.17) is 4.98 Å². The standard InChI is InChI=1S/C26H28FN5O2S/c1-19(2)20-8-10-23(11-9-20)35(33,34)31-15-13-30(14-16-31)18-25-29-24-7-4-12-28-26(24)32(25)22-6-3-5-21(27)17-22/h3-12,17,19H,13-16,18H2,1-2H3. The molecule has 35 heavy (non-hydrogen) atoms. The second-order valence-corrected chi connectivity index (χ2v) is 11.0. The van der Waals surface area contributed by atoms with E-state index in [9.17, 15) is 12.8 Å². The van der Waals surface area contributed by atoms with Gasteiger partial charge in [-0.2, -0.15) is 4.31 Å². The zero-order valence-electron chi connectivity index (χ0n) is 19.8. The van der Waals surface area contributed by atoms with Gasteiger partial charge in [0.15, 0.2) is 5.65 Å². The van der Waals surface area contributed by atoms with E-state index in [1.54, 1.807) is 28.7 Å². The van der Waals surface area contributed by atoms with E-state index < -0.39 is 10.0 Å². The number of nitrogens with zero attached hydrogens (tertiary/aromatic N) is 5. The first-order valence-corrected chi connectivity index (χ1v) is 13.2. The molecule has 1 fully saturated rings. The highest BCUT2D eigenvalue weighted by Crippen LogP contribution is 2.24. The van der Waals surface area contributed by atoms with Crippen LogP contribution >= 0.6 is 0 Å². The number of imidazole rings is 1. The summed E-state index contributed by atoms with van der Waals surface area (Å²) in [6, 6.07) is 17.3. The molecule has 1 aliphatic rings. The minimum absolute atomic E-state index is 0.327. The maximum Gasteiger partial charge on any atom is 0.243 e. The smallest absolute Gasteiger partial charge is 0.243 e. The number of rotatable bonds is 6. The zero-order chi connectivity index (χ0) is 24.6. The van der Waals surface area contributed by atoms with Gasteiger partial charge >= 0.3 is 0 Å². The van der Waals surface area contributed by atoms with Gasteiger partial charge in [-0.3, -0.25) is 9.47 Å². The number of benzene rings is 2. The number of halogens is 1. The number of hydrogen-bond acceptors (Lipinski definition) is 5. The minimum atomic E-state index is -3.54. The Kier molecular flexibility index (Phi) is 6.39. The van der Waals surface area contributed by atoms with Crippen LogP contribution in [0.1, 0.15) is 31.2 Å². The van der Waals surface area contributed by atoms with E-state index >= 15 is 0 Å². The van der Waals surface area contributed by atoms with Crippen molar-refractivity contribution >= 4 is 21.2 Å². The highest BCUT2D eigenvalue weighted by molar-refractivity contribution is 7.89. The van der Waals surface area contributed by atoms with Gasteiger partial charge in [-0.1, -0.05) is 32.0 Å². The highest BCUT2D eigenvalue weighted by atomic mass is 32.2. The Morgan fingerprint density at radius 1 is 0.971 bits per heavy atom. The molecule has 0 spiro atoms. The van der Waals surface area contributed by atoms with Crippen LogP contribution in [0.2, 0.25) is 0 Å². The third kappa shape index (κ3) is 4.71. The molecule has 0 radical (unpaired) electrons. The molecular weight excluding hydrogens is 465 g/mol. The first kappa shape index (κ1) is 23.6. The lowest BCUT2D eigenvalue weighted by molar-refractivity contribution is 0.177. The van der Waals surface area contributed by atoms with Crippen molar-refractivity contribution in [3.8, 4) is 5.69 Å². The zero-order valence-corrected chi connectivity index (χ0v) is 20.6. The van der Waals surface area contributed by atoms with Crippen LogP contribution in [0, 0.1) is 5.82 Å². The molecule has 0 atom stereocenters. The molecule has 7 nitrogen and oxygen atoms in total. The number of pyridine rings is 1. The van der Waals surface area contributed by atoms with Crippen molar-refractivity contribution in [3.05, 3.63) is 84.1 Å². The number of piperazine rings is 1. The highest BCUT2D eigenvalue weighted by Gasteiger charge is 2.29. The van der Waals surface area contributed by atoms with Gasteiger partial charge in [-0.25, -0.2) is 22.8 Å². The minimum Gasteiger partial charge on any atom is -0.293 e. The van der Waals surface area contributed by atoms with E-state index in [2.05, 4.69) is 23.7 Å². The van der Waals surface area contributed by atoms with Crippen molar-refractivity contribution < 1.29 is 12.8 Å². The van der Waals surface area contributed by atoms with Gasteiger partial charge in [0, 0.05) is 32.4 Å². The fraction of sp³-hybridized carbons (Fsp3) is 0.308. The molecule has 5 rings (SSSR count). The molecule has 0 N–H and O–H groups in total. The van der Waals surface area contributed by atoms with Crippen molar-refractivity contribution in [3.63, 3.8) is 0 Å². The summed E-state index contributed by atoms with van der Waals surface area (Å²) in [5, 5.41) is 0. The second-order valence-electron chi connectivity index (χ2n) is 9.09. The van der Waals surface area contributed by atoms with Crippen LogP contribution in [0.25, 0.3) is 16.9 Å². The molecule has 182 valence electrons. The third-order valence-electron chi connectivity index (χ3n) is 6.43. The van der Waals surface area contributed by atoms with Crippen LogP contribution in [-0.4, -0.2) is 58.3 Å². The topological polar surface area (TPSA) is 71.3 Å². The van der Waals surface area contributed by atoms with Gasteiger partial charge in [0.05, 0.1) is 17.1 Å². The summed E-state index contributed by atoms with van der Waals surface area (Å²) in [7, 11) is -3.54. The number of fused-ring (bicyclic) bond motifs is 1. The predicted molar refractivity (Wildman–Crippen MR) is 133 cm³/mol. The lowest BCUT2D eigenvalue weighted by Crippen LogP contribution is -2.48. The number of aromatic nitrogens is 3. The molecule has 3 heterocycles. The summed E-state index contributed by atoms with van der Waals surface area (Å²) >= 11 is 0. The average Bonchev–Trinajstić information content (AvgIpc) is 3.22. The summed E-state index contributed by atoms with van der Waals surface area (Å²) < 4.78 is 43.7. The van der Waals surface area contributed by atoms with Gasteiger partial charge in [0.1, 0.15) is 17.2 Å². The summed E-state index contributed by atoms with van der Waals surface area (Å²) in [6.07, 6.45) is 1.70. The van der Waals surface area contributed by atoms with E-state index in [0.29, 0.717) is 54.9 Å². The Labute approximate surface area is 204 Å². The molecule has 1 saturated heterocycles. The summed E-state index contributed by atoms with van der Waals surface area (Å²) in [4.78, 5) is 11.7. The first-order valence-electron chi connectivity index (χ1n) is 11.7. The lowest BCUT2D eigenvalue weighted by Gasteiger charge is -2.33. The Morgan fingerprint density at radius 2 is 1.71 bits per heavy atom. The Morgan fingerprint density at radius 3 is 2.40 bits per heavy atom. The maximum absolute atomic E-state index is 14.0. The molecule has 2 aromatic carbocycles. The molecule has 1 aliphatic heterocycles. The molecule has 9 heteroatoms. The normalized spacial score (nSPS) is 15.8. The van der Waals surface area contributed by atoms with Crippen LogP contribution < -0.4 is 0 Å². The van der Waals surface area contributed by atoms with Crippen LogP contribution in [0.5, 0.6) is 0 Å². The SMILES string of the molecule is CC(C)c1ccc(S(=O)(=O)N2CCN(Cc3nc4cccnc4n3-c3cccc(F)c3)CC2)cc1. The van der Waals surface area contributed by atoms with Crippen molar-refractivity contribution in [1.29, 1.82) is 0 Å². The van der Waals surface area contributed by atoms with Crippen LogP contribution in [-0.2, 0) is 16.6 Å². The quantitative estimate of drug-likeness (QED) is 0.403. The molecule has 4 aromatic rings. The molecular formula is C26H28FN5O2S. The summed E-state index contributed by atoms with van der Waals surface area (Å²) in [5.41, 5.74) is 3.17. The molecule has 0 amide bonds. The largest absolute Gasteiger partial charge is 0.293 e. The van der Waals surface area contributed by atoms with E-state index in [0.717, 1.165) is 16.9 Å². The van der Waals surface area contributed by atoms with E-state index in [1.165, 1.54) is 12.1 Å². The molecule has 0 aliphatic carbocycles. The van der Waals surface area contributed by atoms with E-state index in [1.807, 2.05) is 34.9 Å². The van der Waals surface area contributed by atoms with Gasteiger partial charge in [-0.05, 0) is 53.9 Å².